The van der Waals surface area contributed by atoms with Gasteiger partial charge in [0.1, 0.15) is 5.75 Å². The molecule has 1 aliphatic rings. The minimum absolute atomic E-state index is 0.0604. The lowest BCUT2D eigenvalue weighted by Crippen LogP contribution is -2.46. The molecule has 1 aromatic carbocycles. The Bertz CT molecular complexity index is 828. The van der Waals surface area contributed by atoms with E-state index < -0.39 is 0 Å². The molecule has 2 heterocycles. The van der Waals surface area contributed by atoms with Gasteiger partial charge >= 0.3 is 6.09 Å². The number of carbonyl (C=O) groups is 2. The number of aromatic nitrogens is 2. The van der Waals surface area contributed by atoms with E-state index in [0.29, 0.717) is 57.3 Å². The number of rotatable bonds is 8. The second kappa shape index (κ2) is 10.6. The third kappa shape index (κ3) is 5.95. The minimum atomic E-state index is -0.290. The molecule has 2 amide bonds. The molecule has 9 heteroatoms. The first-order valence-electron chi connectivity index (χ1n) is 10.4. The van der Waals surface area contributed by atoms with E-state index in [4.69, 9.17) is 14.0 Å². The molecule has 0 saturated carbocycles. The summed E-state index contributed by atoms with van der Waals surface area (Å²) in [5.41, 5.74) is 0.825. The van der Waals surface area contributed by atoms with Crippen LogP contribution >= 0.6 is 0 Å². The molecule has 2 aromatic rings. The van der Waals surface area contributed by atoms with Crippen LogP contribution in [-0.2, 0) is 16.0 Å². The van der Waals surface area contributed by atoms with Crippen LogP contribution in [0.4, 0.5) is 4.79 Å². The Morgan fingerprint density at radius 2 is 1.90 bits per heavy atom. The minimum Gasteiger partial charge on any atom is -0.494 e. The molecule has 1 aromatic heterocycles. The predicted octanol–water partition coefficient (Wildman–Crippen LogP) is 2.81. The number of piperidine rings is 1. The van der Waals surface area contributed by atoms with Crippen LogP contribution in [0.25, 0.3) is 11.4 Å². The van der Waals surface area contributed by atoms with Crippen molar-refractivity contribution in [3.05, 3.63) is 30.2 Å². The Morgan fingerprint density at radius 1 is 1.17 bits per heavy atom. The molecule has 0 radical (unpaired) electrons. The second-order valence-corrected chi connectivity index (χ2v) is 7.00. The van der Waals surface area contributed by atoms with Crippen LogP contribution in [0.3, 0.4) is 0 Å². The van der Waals surface area contributed by atoms with Crippen LogP contribution in [0.5, 0.6) is 5.75 Å². The van der Waals surface area contributed by atoms with Gasteiger partial charge in [-0.25, -0.2) is 4.79 Å². The highest BCUT2D eigenvalue weighted by atomic mass is 16.6. The van der Waals surface area contributed by atoms with E-state index >= 15 is 0 Å². The molecule has 0 unspecified atom stereocenters. The summed E-state index contributed by atoms with van der Waals surface area (Å²) in [7, 11) is 0. The van der Waals surface area contributed by atoms with Gasteiger partial charge in [-0.2, -0.15) is 4.98 Å². The number of amides is 2. The van der Waals surface area contributed by atoms with Crippen molar-refractivity contribution in [2.75, 3.05) is 26.3 Å². The summed E-state index contributed by atoms with van der Waals surface area (Å²) in [5, 5.41) is 7.00. The first-order chi connectivity index (χ1) is 14.6. The van der Waals surface area contributed by atoms with Crippen molar-refractivity contribution in [2.45, 2.75) is 45.6 Å². The molecule has 1 saturated heterocycles. The largest absolute Gasteiger partial charge is 0.494 e. The topological polar surface area (TPSA) is 107 Å². The lowest BCUT2D eigenvalue weighted by molar-refractivity contribution is -0.122. The maximum absolute atomic E-state index is 12.3. The van der Waals surface area contributed by atoms with Crippen LogP contribution in [0, 0.1) is 0 Å². The van der Waals surface area contributed by atoms with E-state index in [1.165, 1.54) is 0 Å². The summed E-state index contributed by atoms with van der Waals surface area (Å²) in [4.78, 5) is 30.0. The van der Waals surface area contributed by atoms with Crippen molar-refractivity contribution in [2.24, 2.45) is 0 Å². The van der Waals surface area contributed by atoms with Gasteiger partial charge in [0.25, 0.3) is 0 Å². The predicted molar refractivity (Wildman–Crippen MR) is 109 cm³/mol. The molecule has 0 bridgehead atoms. The molecule has 30 heavy (non-hydrogen) atoms. The van der Waals surface area contributed by atoms with Crippen molar-refractivity contribution < 1.29 is 23.6 Å². The molecule has 3 rings (SSSR count). The van der Waals surface area contributed by atoms with Crippen LogP contribution in [0.2, 0.25) is 0 Å². The van der Waals surface area contributed by atoms with E-state index in [1.54, 1.807) is 11.8 Å². The van der Waals surface area contributed by atoms with E-state index in [-0.39, 0.29) is 24.5 Å². The maximum Gasteiger partial charge on any atom is 0.409 e. The number of likely N-dealkylation sites (tertiary alicyclic amines) is 1. The van der Waals surface area contributed by atoms with Crippen LogP contribution in [0.1, 0.15) is 39.0 Å². The lowest BCUT2D eigenvalue weighted by atomic mass is 10.1. The maximum atomic E-state index is 12.3. The molecule has 1 aliphatic heterocycles. The smallest absolute Gasteiger partial charge is 0.409 e. The quantitative estimate of drug-likeness (QED) is 0.705. The van der Waals surface area contributed by atoms with Gasteiger partial charge in [0.15, 0.2) is 0 Å². The number of nitrogens with one attached hydrogen (secondary N) is 1. The Balaban J connectivity index is 1.42. The zero-order valence-corrected chi connectivity index (χ0v) is 17.4. The Kier molecular flexibility index (Phi) is 7.64. The van der Waals surface area contributed by atoms with Crippen molar-refractivity contribution in [3.63, 3.8) is 0 Å². The van der Waals surface area contributed by atoms with Crippen molar-refractivity contribution in [1.82, 2.24) is 20.4 Å². The van der Waals surface area contributed by atoms with Gasteiger partial charge in [-0.1, -0.05) is 5.16 Å². The molecule has 0 aliphatic carbocycles. The third-order valence-electron chi connectivity index (χ3n) is 4.84. The number of carbonyl (C=O) groups excluding carboxylic acids is 2. The number of benzene rings is 1. The Hall–Kier alpha value is -3.10. The summed E-state index contributed by atoms with van der Waals surface area (Å²) in [6, 6.07) is 7.51. The van der Waals surface area contributed by atoms with E-state index in [9.17, 15) is 9.59 Å². The van der Waals surface area contributed by atoms with Gasteiger partial charge < -0.3 is 24.2 Å². The summed E-state index contributed by atoms with van der Waals surface area (Å²) < 4.78 is 15.7. The average molecular weight is 416 g/mol. The SMILES string of the molecule is CCOC(=O)N1CCC(NC(=O)CCc2nc(-c3ccc(OCC)cc3)no2)CC1. The fraction of sp³-hybridized carbons (Fsp3) is 0.524. The Labute approximate surface area is 175 Å². The highest BCUT2D eigenvalue weighted by Gasteiger charge is 2.24. The molecule has 0 spiro atoms. The zero-order chi connectivity index (χ0) is 21.3. The van der Waals surface area contributed by atoms with Gasteiger partial charge in [0.05, 0.1) is 13.2 Å². The fourth-order valence-electron chi connectivity index (χ4n) is 3.28. The highest BCUT2D eigenvalue weighted by molar-refractivity contribution is 5.76. The molecule has 1 fully saturated rings. The van der Waals surface area contributed by atoms with Crippen LogP contribution < -0.4 is 10.1 Å². The monoisotopic (exact) mass is 416 g/mol. The number of hydrogen-bond donors (Lipinski definition) is 1. The van der Waals surface area contributed by atoms with Crippen molar-refractivity contribution >= 4 is 12.0 Å². The van der Waals surface area contributed by atoms with E-state index in [2.05, 4.69) is 15.5 Å². The number of ether oxygens (including phenoxy) is 2. The van der Waals surface area contributed by atoms with E-state index in [1.807, 2.05) is 31.2 Å². The highest BCUT2D eigenvalue weighted by Crippen LogP contribution is 2.20. The van der Waals surface area contributed by atoms with Crippen LogP contribution in [-0.4, -0.2) is 59.4 Å². The second-order valence-electron chi connectivity index (χ2n) is 7.00. The molecular formula is C21H28N4O5. The van der Waals surface area contributed by atoms with Gasteiger partial charge in [-0.3, -0.25) is 4.79 Å². The average Bonchev–Trinajstić information content (AvgIpc) is 3.23. The fourth-order valence-corrected chi connectivity index (χ4v) is 3.28. The Morgan fingerprint density at radius 3 is 2.57 bits per heavy atom. The van der Waals surface area contributed by atoms with Gasteiger partial charge in [-0.05, 0) is 51.0 Å². The first-order valence-corrected chi connectivity index (χ1v) is 10.4. The number of nitrogens with zero attached hydrogens (tertiary/aromatic N) is 3. The zero-order valence-electron chi connectivity index (χ0n) is 17.4. The molecular weight excluding hydrogens is 388 g/mol. The molecule has 0 atom stereocenters. The molecule has 9 nitrogen and oxygen atoms in total. The van der Waals surface area contributed by atoms with Gasteiger partial charge in [-0.15, -0.1) is 0 Å². The van der Waals surface area contributed by atoms with Gasteiger partial charge in [0, 0.05) is 37.5 Å². The summed E-state index contributed by atoms with van der Waals surface area (Å²) in [6.45, 7) is 5.86. The number of hydrogen-bond acceptors (Lipinski definition) is 7. The summed E-state index contributed by atoms with van der Waals surface area (Å²) in [6.07, 6.45) is 1.78. The normalized spacial score (nSPS) is 14.4. The van der Waals surface area contributed by atoms with Gasteiger partial charge in [0.2, 0.25) is 17.6 Å². The first kappa shape index (κ1) is 21.6. The summed E-state index contributed by atoms with van der Waals surface area (Å²) >= 11 is 0. The van der Waals surface area contributed by atoms with E-state index in [0.717, 1.165) is 11.3 Å². The number of aryl methyl sites for hydroxylation is 1. The van der Waals surface area contributed by atoms with Crippen molar-refractivity contribution in [3.8, 4) is 17.1 Å². The lowest BCUT2D eigenvalue weighted by Gasteiger charge is -2.31. The molecule has 1 N–H and O–H groups in total. The third-order valence-corrected chi connectivity index (χ3v) is 4.84. The van der Waals surface area contributed by atoms with Crippen LogP contribution in [0.15, 0.2) is 28.8 Å². The van der Waals surface area contributed by atoms with Crippen molar-refractivity contribution in [1.29, 1.82) is 0 Å². The molecule has 162 valence electrons. The summed E-state index contributed by atoms with van der Waals surface area (Å²) in [5.74, 6) is 1.63. The standard InChI is InChI=1S/C21H28N4O5/c1-3-28-17-7-5-15(6-8-17)20-23-19(30-24-20)10-9-18(26)22-16-11-13-25(14-12-16)21(27)29-4-2/h5-8,16H,3-4,9-14H2,1-2H3,(H,22,26).